The highest BCUT2D eigenvalue weighted by Crippen LogP contribution is 2.41. The van der Waals surface area contributed by atoms with Gasteiger partial charge in [-0.25, -0.2) is 0 Å². The Labute approximate surface area is 69.0 Å². The van der Waals surface area contributed by atoms with Gasteiger partial charge in [-0.2, -0.15) is 0 Å². The molecule has 1 atom stereocenters. The minimum Gasteiger partial charge on any atom is -0.314 e. The van der Waals surface area contributed by atoms with Gasteiger partial charge in [0.1, 0.15) is 0 Å². The molecule has 0 aromatic heterocycles. The maximum atomic E-state index is 3.45. The van der Waals surface area contributed by atoms with Crippen molar-refractivity contribution in [1.82, 2.24) is 10.2 Å². The van der Waals surface area contributed by atoms with E-state index in [0.717, 1.165) is 6.04 Å². The van der Waals surface area contributed by atoms with Crippen molar-refractivity contribution in [2.75, 3.05) is 20.6 Å². The van der Waals surface area contributed by atoms with E-state index in [-0.39, 0.29) is 0 Å². The van der Waals surface area contributed by atoms with E-state index in [0.29, 0.717) is 5.54 Å². The molecule has 0 aromatic rings. The van der Waals surface area contributed by atoms with Crippen LogP contribution in [-0.2, 0) is 0 Å². The van der Waals surface area contributed by atoms with Gasteiger partial charge >= 0.3 is 0 Å². The standard InChI is InChI=1S/C9H18N2/c1-10-9(4-5-9)7-8-3-6-11(8)2/h8,10H,3-7H2,1-2H3. The van der Waals surface area contributed by atoms with Crippen molar-refractivity contribution in [2.24, 2.45) is 0 Å². The molecule has 2 rings (SSSR count). The van der Waals surface area contributed by atoms with Gasteiger partial charge in [0.25, 0.3) is 0 Å². The first kappa shape index (κ1) is 7.56. The first-order valence-electron chi connectivity index (χ1n) is 4.65. The SMILES string of the molecule is CNC1(CC2CCN2C)CC1. The first-order valence-corrected chi connectivity index (χ1v) is 4.65. The van der Waals surface area contributed by atoms with Crippen molar-refractivity contribution in [3.8, 4) is 0 Å². The minimum atomic E-state index is 0.555. The highest BCUT2D eigenvalue weighted by molar-refractivity contribution is 5.04. The van der Waals surface area contributed by atoms with Gasteiger partial charge in [-0.15, -0.1) is 0 Å². The molecular weight excluding hydrogens is 136 g/mol. The second-order valence-electron chi connectivity index (χ2n) is 4.16. The van der Waals surface area contributed by atoms with Crippen molar-refractivity contribution in [3.05, 3.63) is 0 Å². The summed E-state index contributed by atoms with van der Waals surface area (Å²) in [6, 6.07) is 0.880. The maximum Gasteiger partial charge on any atom is 0.0194 e. The van der Waals surface area contributed by atoms with E-state index in [4.69, 9.17) is 0 Å². The number of hydrogen-bond acceptors (Lipinski definition) is 2. The van der Waals surface area contributed by atoms with Crippen LogP contribution in [0.3, 0.4) is 0 Å². The normalized spacial score (nSPS) is 34.9. The summed E-state index contributed by atoms with van der Waals surface area (Å²) in [5, 5.41) is 3.45. The van der Waals surface area contributed by atoms with Gasteiger partial charge in [0.15, 0.2) is 0 Å². The third kappa shape index (κ3) is 1.30. The van der Waals surface area contributed by atoms with E-state index in [1.54, 1.807) is 0 Å². The van der Waals surface area contributed by atoms with E-state index in [1.807, 2.05) is 0 Å². The molecule has 0 bridgehead atoms. The lowest BCUT2D eigenvalue weighted by molar-refractivity contribution is 0.105. The quantitative estimate of drug-likeness (QED) is 0.648. The molecule has 2 nitrogen and oxygen atoms in total. The van der Waals surface area contributed by atoms with Gasteiger partial charge in [0.05, 0.1) is 0 Å². The Kier molecular flexibility index (Phi) is 1.69. The smallest absolute Gasteiger partial charge is 0.0194 e. The lowest BCUT2D eigenvalue weighted by Crippen LogP contribution is -2.48. The van der Waals surface area contributed by atoms with E-state index in [9.17, 15) is 0 Å². The van der Waals surface area contributed by atoms with Gasteiger partial charge < -0.3 is 10.2 Å². The van der Waals surface area contributed by atoms with E-state index in [1.165, 1.54) is 32.2 Å². The monoisotopic (exact) mass is 154 g/mol. The molecule has 1 heterocycles. The van der Waals surface area contributed by atoms with Crippen molar-refractivity contribution in [2.45, 2.75) is 37.3 Å². The van der Waals surface area contributed by atoms with Crippen molar-refractivity contribution in [3.63, 3.8) is 0 Å². The third-order valence-corrected chi connectivity index (χ3v) is 3.45. The number of nitrogens with zero attached hydrogens (tertiary/aromatic N) is 1. The molecule has 0 spiro atoms. The molecule has 0 amide bonds. The molecule has 0 radical (unpaired) electrons. The average Bonchev–Trinajstić information content (AvgIpc) is 2.79. The van der Waals surface area contributed by atoms with Gasteiger partial charge in [0.2, 0.25) is 0 Å². The summed E-state index contributed by atoms with van der Waals surface area (Å²) >= 11 is 0. The van der Waals surface area contributed by atoms with Crippen LogP contribution in [0.2, 0.25) is 0 Å². The van der Waals surface area contributed by atoms with E-state index < -0.39 is 0 Å². The summed E-state index contributed by atoms with van der Waals surface area (Å²) in [6.45, 7) is 1.31. The Balaban J connectivity index is 1.81. The number of rotatable bonds is 3. The van der Waals surface area contributed by atoms with E-state index in [2.05, 4.69) is 24.3 Å². The Morgan fingerprint density at radius 3 is 2.55 bits per heavy atom. The molecule has 11 heavy (non-hydrogen) atoms. The zero-order valence-corrected chi connectivity index (χ0v) is 7.56. The van der Waals surface area contributed by atoms with Crippen LogP contribution in [0, 0.1) is 0 Å². The predicted molar refractivity (Wildman–Crippen MR) is 46.7 cm³/mol. The zero-order chi connectivity index (χ0) is 7.90. The molecule has 64 valence electrons. The van der Waals surface area contributed by atoms with Crippen LogP contribution in [0.5, 0.6) is 0 Å². The molecule has 1 N–H and O–H groups in total. The molecule has 2 heteroatoms. The molecule has 1 saturated carbocycles. The molecule has 1 unspecified atom stereocenters. The topological polar surface area (TPSA) is 15.3 Å². The van der Waals surface area contributed by atoms with Crippen LogP contribution in [-0.4, -0.2) is 37.1 Å². The second-order valence-corrected chi connectivity index (χ2v) is 4.16. The average molecular weight is 154 g/mol. The fourth-order valence-corrected chi connectivity index (χ4v) is 1.99. The molecule has 1 aliphatic carbocycles. The summed E-state index contributed by atoms with van der Waals surface area (Å²) in [7, 11) is 4.34. The Bertz CT molecular complexity index is 152. The highest BCUT2D eigenvalue weighted by Gasteiger charge is 2.44. The highest BCUT2D eigenvalue weighted by atomic mass is 15.2. The molecule has 0 aromatic carbocycles. The molecule has 2 aliphatic rings. The van der Waals surface area contributed by atoms with Crippen LogP contribution in [0.15, 0.2) is 0 Å². The number of hydrogen-bond donors (Lipinski definition) is 1. The summed E-state index contributed by atoms with van der Waals surface area (Å²) in [4.78, 5) is 2.47. The van der Waals surface area contributed by atoms with Crippen LogP contribution in [0.25, 0.3) is 0 Å². The molecular formula is C9H18N2. The van der Waals surface area contributed by atoms with Crippen LogP contribution in [0.4, 0.5) is 0 Å². The van der Waals surface area contributed by atoms with Crippen molar-refractivity contribution < 1.29 is 0 Å². The fourth-order valence-electron chi connectivity index (χ4n) is 1.99. The Morgan fingerprint density at radius 2 is 2.27 bits per heavy atom. The Morgan fingerprint density at radius 1 is 1.55 bits per heavy atom. The Hall–Kier alpha value is -0.0800. The third-order valence-electron chi connectivity index (χ3n) is 3.45. The van der Waals surface area contributed by atoms with Gasteiger partial charge in [-0.05, 0) is 46.3 Å². The second kappa shape index (κ2) is 2.46. The fraction of sp³-hybridized carbons (Fsp3) is 1.00. The van der Waals surface area contributed by atoms with Gasteiger partial charge in [-0.3, -0.25) is 0 Å². The summed E-state index contributed by atoms with van der Waals surface area (Å²) in [5.41, 5.74) is 0.555. The number of likely N-dealkylation sites (tertiary alicyclic amines) is 1. The number of nitrogens with one attached hydrogen (secondary N) is 1. The maximum absolute atomic E-state index is 3.45. The first-order chi connectivity index (χ1) is 5.26. The van der Waals surface area contributed by atoms with Crippen LogP contribution < -0.4 is 5.32 Å². The lowest BCUT2D eigenvalue weighted by Gasteiger charge is -2.40. The predicted octanol–water partition coefficient (Wildman–Crippen LogP) is 0.833. The molecule has 1 saturated heterocycles. The minimum absolute atomic E-state index is 0.555. The van der Waals surface area contributed by atoms with Crippen LogP contribution >= 0.6 is 0 Å². The zero-order valence-electron chi connectivity index (χ0n) is 7.56. The summed E-state index contributed by atoms with van der Waals surface area (Å²) < 4.78 is 0. The summed E-state index contributed by atoms with van der Waals surface area (Å²) in [5.74, 6) is 0. The van der Waals surface area contributed by atoms with E-state index >= 15 is 0 Å². The van der Waals surface area contributed by atoms with Gasteiger partial charge in [-0.1, -0.05) is 0 Å². The van der Waals surface area contributed by atoms with Gasteiger partial charge in [0, 0.05) is 11.6 Å². The van der Waals surface area contributed by atoms with Crippen LogP contribution in [0.1, 0.15) is 25.7 Å². The molecule has 1 aliphatic heterocycles. The van der Waals surface area contributed by atoms with Crippen molar-refractivity contribution in [1.29, 1.82) is 0 Å². The molecule has 2 fully saturated rings. The largest absolute Gasteiger partial charge is 0.314 e. The summed E-state index contributed by atoms with van der Waals surface area (Å²) in [6.07, 6.45) is 5.58. The lowest BCUT2D eigenvalue weighted by atomic mass is 9.95. The van der Waals surface area contributed by atoms with Crippen molar-refractivity contribution >= 4 is 0 Å².